The molecule has 1 atom stereocenters. The Morgan fingerprint density at radius 3 is 2.47 bits per heavy atom. The number of carbonyl (C=O) groups is 2. The molecule has 9 heteroatoms. The van der Waals surface area contributed by atoms with Crippen molar-refractivity contribution in [3.05, 3.63) is 114 Å². The number of carboxylic acid groups (broad SMARTS) is 1. The molecule has 1 aliphatic heterocycles. The van der Waals surface area contributed by atoms with Gasteiger partial charge < -0.3 is 19.9 Å². The van der Waals surface area contributed by atoms with Crippen molar-refractivity contribution >= 4 is 34.7 Å². The molecule has 0 spiro atoms. The standard InChI is InChI=1S/C29H22N4O5/c1-32(28(35)36)27-30-24-15-14-18(16-25(24)31-27)29(37)23-13-6-5-12-22(23)26(34)33(29)19-8-7-11-21(17-19)38-20-9-3-2-4-10-20/h2-17,37H,1H3,(H,30,31)(H,35,36). The summed E-state index contributed by atoms with van der Waals surface area (Å²) < 4.78 is 5.98. The molecule has 0 fully saturated rings. The summed E-state index contributed by atoms with van der Waals surface area (Å²) in [5, 5.41) is 21.7. The molecule has 2 heterocycles. The van der Waals surface area contributed by atoms with Crippen LogP contribution in [-0.4, -0.2) is 39.2 Å². The van der Waals surface area contributed by atoms with Gasteiger partial charge in [0.25, 0.3) is 5.91 Å². The second-order valence-corrected chi connectivity index (χ2v) is 8.90. The highest BCUT2D eigenvalue weighted by Gasteiger charge is 2.50. The fraction of sp³-hybridized carbons (Fsp3) is 0.0690. The predicted octanol–water partition coefficient (Wildman–Crippen LogP) is 5.32. The molecule has 1 aliphatic rings. The van der Waals surface area contributed by atoms with Gasteiger partial charge in [0.1, 0.15) is 11.5 Å². The molecule has 5 aromatic rings. The van der Waals surface area contributed by atoms with Crippen LogP contribution in [0.3, 0.4) is 0 Å². The minimum absolute atomic E-state index is 0.141. The molecule has 6 rings (SSSR count). The normalized spacial score (nSPS) is 16.5. The smallest absolute Gasteiger partial charge is 0.413 e. The van der Waals surface area contributed by atoms with E-state index in [9.17, 15) is 19.8 Å². The molecule has 4 aromatic carbocycles. The molecule has 2 amide bonds. The largest absolute Gasteiger partial charge is 0.465 e. The van der Waals surface area contributed by atoms with Gasteiger partial charge in [-0.15, -0.1) is 0 Å². The summed E-state index contributed by atoms with van der Waals surface area (Å²) in [5.74, 6) is 0.922. The Hall–Kier alpha value is -5.15. The first-order valence-electron chi connectivity index (χ1n) is 11.8. The van der Waals surface area contributed by atoms with Gasteiger partial charge in [0.05, 0.1) is 16.7 Å². The number of nitrogens with zero attached hydrogens (tertiary/aromatic N) is 3. The second-order valence-electron chi connectivity index (χ2n) is 8.90. The van der Waals surface area contributed by atoms with Crippen molar-refractivity contribution in [2.75, 3.05) is 16.8 Å². The zero-order chi connectivity index (χ0) is 26.4. The van der Waals surface area contributed by atoms with Crippen molar-refractivity contribution in [1.29, 1.82) is 0 Å². The van der Waals surface area contributed by atoms with Gasteiger partial charge in [-0.05, 0) is 42.5 Å². The van der Waals surface area contributed by atoms with Gasteiger partial charge in [0.15, 0.2) is 5.72 Å². The predicted molar refractivity (Wildman–Crippen MR) is 142 cm³/mol. The van der Waals surface area contributed by atoms with Crippen molar-refractivity contribution in [2.24, 2.45) is 0 Å². The van der Waals surface area contributed by atoms with E-state index in [2.05, 4.69) is 9.97 Å². The lowest BCUT2D eigenvalue weighted by atomic mass is 9.93. The topological polar surface area (TPSA) is 119 Å². The monoisotopic (exact) mass is 506 g/mol. The van der Waals surface area contributed by atoms with Crippen LogP contribution in [0.2, 0.25) is 0 Å². The number of carbonyl (C=O) groups excluding carboxylic acids is 1. The molecule has 38 heavy (non-hydrogen) atoms. The van der Waals surface area contributed by atoms with E-state index in [1.54, 1.807) is 66.7 Å². The maximum absolute atomic E-state index is 13.7. The van der Waals surface area contributed by atoms with E-state index >= 15 is 0 Å². The lowest BCUT2D eigenvalue weighted by molar-refractivity contribution is 0.0704. The van der Waals surface area contributed by atoms with Gasteiger partial charge in [-0.2, -0.15) is 0 Å². The van der Waals surface area contributed by atoms with E-state index in [1.165, 1.54) is 11.9 Å². The van der Waals surface area contributed by atoms with E-state index < -0.39 is 11.8 Å². The number of amides is 2. The van der Waals surface area contributed by atoms with E-state index in [0.717, 1.165) is 4.90 Å². The summed E-state index contributed by atoms with van der Waals surface area (Å²) in [6.45, 7) is 0. The molecule has 9 nitrogen and oxygen atoms in total. The maximum Gasteiger partial charge on any atom is 0.413 e. The quantitative estimate of drug-likeness (QED) is 0.297. The first-order chi connectivity index (χ1) is 18.4. The van der Waals surface area contributed by atoms with E-state index in [4.69, 9.17) is 4.74 Å². The minimum atomic E-state index is -1.85. The van der Waals surface area contributed by atoms with Crippen LogP contribution in [0, 0.1) is 0 Å². The average Bonchev–Trinajstić information content (AvgIpc) is 3.46. The third kappa shape index (κ3) is 3.64. The number of nitrogens with one attached hydrogen (secondary N) is 1. The molecule has 0 aliphatic carbocycles. The van der Waals surface area contributed by atoms with Crippen LogP contribution in [0.4, 0.5) is 16.4 Å². The van der Waals surface area contributed by atoms with Gasteiger partial charge in [-0.3, -0.25) is 14.6 Å². The molecular weight excluding hydrogens is 484 g/mol. The van der Waals surface area contributed by atoms with Crippen molar-refractivity contribution < 1.29 is 24.5 Å². The number of anilines is 2. The van der Waals surface area contributed by atoms with Crippen molar-refractivity contribution in [2.45, 2.75) is 5.72 Å². The molecule has 0 radical (unpaired) electrons. The zero-order valence-corrected chi connectivity index (χ0v) is 20.2. The molecule has 0 saturated carbocycles. The number of hydrogen-bond acceptors (Lipinski definition) is 5. The highest BCUT2D eigenvalue weighted by molar-refractivity contribution is 6.12. The van der Waals surface area contributed by atoms with E-state index in [0.29, 0.717) is 44.9 Å². The van der Waals surface area contributed by atoms with E-state index in [1.807, 2.05) is 30.3 Å². The van der Waals surface area contributed by atoms with Crippen LogP contribution in [0.15, 0.2) is 97.1 Å². The number of H-pyrrole nitrogens is 1. The number of benzene rings is 4. The molecule has 0 saturated heterocycles. The van der Waals surface area contributed by atoms with Crippen LogP contribution in [0.25, 0.3) is 11.0 Å². The SMILES string of the molecule is CN(C(=O)O)c1nc2ccc(C3(O)c4ccccc4C(=O)N3c3cccc(Oc4ccccc4)c3)cc2[nH]1. The fourth-order valence-electron chi connectivity index (χ4n) is 4.72. The number of para-hydroxylation sites is 1. The molecular formula is C29H22N4O5. The number of fused-ring (bicyclic) bond motifs is 2. The van der Waals surface area contributed by atoms with Gasteiger partial charge in [0, 0.05) is 29.8 Å². The molecule has 1 aromatic heterocycles. The molecule has 188 valence electrons. The Kier molecular flexibility index (Phi) is 5.36. The first-order valence-corrected chi connectivity index (χ1v) is 11.8. The minimum Gasteiger partial charge on any atom is -0.465 e. The third-order valence-corrected chi connectivity index (χ3v) is 6.59. The van der Waals surface area contributed by atoms with Crippen LogP contribution < -0.4 is 14.5 Å². The Labute approximate surface area is 217 Å². The van der Waals surface area contributed by atoms with Crippen molar-refractivity contribution in [3.63, 3.8) is 0 Å². The number of aliphatic hydroxyl groups is 1. The van der Waals surface area contributed by atoms with Crippen molar-refractivity contribution in [3.8, 4) is 11.5 Å². The Bertz CT molecular complexity index is 1700. The van der Waals surface area contributed by atoms with Gasteiger partial charge in [0.2, 0.25) is 5.95 Å². The lowest BCUT2D eigenvalue weighted by Crippen LogP contribution is -2.45. The first kappa shape index (κ1) is 23.3. The van der Waals surface area contributed by atoms with Crippen LogP contribution in [0.5, 0.6) is 11.5 Å². The summed E-state index contributed by atoms with van der Waals surface area (Å²) >= 11 is 0. The maximum atomic E-state index is 13.7. The number of ether oxygens (including phenoxy) is 1. The summed E-state index contributed by atoms with van der Waals surface area (Å²) in [4.78, 5) is 34.7. The Balaban J connectivity index is 1.47. The third-order valence-electron chi connectivity index (χ3n) is 6.59. The number of aromatic amines is 1. The van der Waals surface area contributed by atoms with Gasteiger partial charge in [-0.25, -0.2) is 9.78 Å². The lowest BCUT2D eigenvalue weighted by Gasteiger charge is -2.35. The average molecular weight is 507 g/mol. The number of rotatable bonds is 5. The summed E-state index contributed by atoms with van der Waals surface area (Å²) in [6, 6.07) is 28.2. The molecule has 0 bridgehead atoms. The number of imidazole rings is 1. The van der Waals surface area contributed by atoms with Crippen molar-refractivity contribution in [1.82, 2.24) is 9.97 Å². The van der Waals surface area contributed by atoms with Crippen LogP contribution >= 0.6 is 0 Å². The molecule has 1 unspecified atom stereocenters. The van der Waals surface area contributed by atoms with E-state index in [-0.39, 0.29) is 11.9 Å². The van der Waals surface area contributed by atoms with Crippen LogP contribution in [-0.2, 0) is 5.72 Å². The summed E-state index contributed by atoms with van der Waals surface area (Å²) in [5.41, 5.74) is 0.836. The zero-order valence-electron chi connectivity index (χ0n) is 20.2. The molecule has 3 N–H and O–H groups in total. The summed E-state index contributed by atoms with van der Waals surface area (Å²) in [6.07, 6.45) is -1.16. The number of hydrogen-bond donors (Lipinski definition) is 3. The highest BCUT2D eigenvalue weighted by atomic mass is 16.5. The second kappa shape index (κ2) is 8.75. The summed E-state index contributed by atoms with van der Waals surface area (Å²) in [7, 11) is 1.38. The number of aromatic nitrogens is 2. The Morgan fingerprint density at radius 1 is 0.947 bits per heavy atom. The highest BCUT2D eigenvalue weighted by Crippen LogP contribution is 2.46. The van der Waals surface area contributed by atoms with Gasteiger partial charge >= 0.3 is 6.09 Å². The fourth-order valence-corrected chi connectivity index (χ4v) is 4.72. The van der Waals surface area contributed by atoms with Gasteiger partial charge in [-0.1, -0.05) is 48.5 Å². The van der Waals surface area contributed by atoms with Crippen LogP contribution in [0.1, 0.15) is 21.5 Å². The Morgan fingerprint density at radius 2 is 1.68 bits per heavy atom.